The number of hydrogen-bond donors (Lipinski definition) is 0. The van der Waals surface area contributed by atoms with Gasteiger partial charge in [0.2, 0.25) is 0 Å². The number of hydrogen-bond acceptors (Lipinski definition) is 2. The van der Waals surface area contributed by atoms with E-state index >= 15 is 0 Å². The first-order valence-corrected chi connectivity index (χ1v) is 6.36. The van der Waals surface area contributed by atoms with Gasteiger partial charge in [0.15, 0.2) is 6.29 Å². The summed E-state index contributed by atoms with van der Waals surface area (Å²) in [5.41, 5.74) is 1.11. The maximum Gasteiger partial charge on any atom is 0.183 e. The molecule has 1 fully saturated rings. The lowest BCUT2D eigenvalue weighted by molar-refractivity contribution is -0.205. The average molecular weight is 271 g/mol. The maximum atomic E-state index is 5.69. The molecule has 0 spiro atoms. The smallest absolute Gasteiger partial charge is 0.183 e. The summed E-state index contributed by atoms with van der Waals surface area (Å²) < 4.78 is 11.4. The van der Waals surface area contributed by atoms with Crippen molar-refractivity contribution in [3.63, 3.8) is 0 Å². The zero-order valence-corrected chi connectivity index (χ0v) is 10.2. The molecule has 0 radical (unpaired) electrons. The van der Waals surface area contributed by atoms with Crippen molar-refractivity contribution < 1.29 is 9.47 Å². The summed E-state index contributed by atoms with van der Waals surface area (Å²) in [6.07, 6.45) is 0.944. The topological polar surface area (TPSA) is 18.5 Å². The van der Waals surface area contributed by atoms with Crippen LogP contribution in [-0.2, 0) is 9.47 Å². The molecule has 0 aliphatic carbocycles. The van der Waals surface area contributed by atoms with Gasteiger partial charge in [-0.05, 0) is 6.42 Å². The van der Waals surface area contributed by atoms with Gasteiger partial charge in [0.25, 0.3) is 0 Å². The monoisotopic (exact) mass is 270 g/mol. The number of halogens is 1. The summed E-state index contributed by atoms with van der Waals surface area (Å²) in [6.45, 7) is 1.59. The predicted octanol–water partition coefficient (Wildman–Crippen LogP) is 3.13. The fraction of sp³-hybridized carbons (Fsp3) is 0.500. The van der Waals surface area contributed by atoms with E-state index in [1.807, 2.05) is 30.3 Å². The van der Waals surface area contributed by atoms with Crippen molar-refractivity contribution in [3.8, 4) is 0 Å². The number of benzene rings is 1. The third-order valence-electron chi connectivity index (χ3n) is 2.56. The molecule has 1 saturated heterocycles. The lowest BCUT2D eigenvalue weighted by Gasteiger charge is -2.29. The van der Waals surface area contributed by atoms with Crippen LogP contribution in [0, 0.1) is 5.92 Å². The molecule has 3 heteroatoms. The van der Waals surface area contributed by atoms with Gasteiger partial charge in [0.1, 0.15) is 0 Å². The average Bonchev–Trinajstić information content (AvgIpc) is 2.32. The second-order valence-electron chi connectivity index (χ2n) is 3.75. The van der Waals surface area contributed by atoms with Gasteiger partial charge in [-0.1, -0.05) is 46.3 Å². The Morgan fingerprint density at radius 1 is 1.13 bits per heavy atom. The fourth-order valence-electron chi connectivity index (χ4n) is 1.67. The van der Waals surface area contributed by atoms with Crippen molar-refractivity contribution in [1.29, 1.82) is 0 Å². The Labute approximate surface area is 98.7 Å². The molecule has 2 rings (SSSR count). The third-order valence-corrected chi connectivity index (χ3v) is 3.01. The Bertz CT molecular complexity index is 281. The summed E-state index contributed by atoms with van der Waals surface area (Å²) in [5, 5.41) is 1.01. The van der Waals surface area contributed by atoms with Gasteiger partial charge in [0, 0.05) is 16.8 Å². The molecule has 0 N–H and O–H groups in total. The highest BCUT2D eigenvalue weighted by Crippen LogP contribution is 2.26. The number of alkyl halides is 1. The van der Waals surface area contributed by atoms with Gasteiger partial charge in [0.05, 0.1) is 13.2 Å². The molecule has 0 amide bonds. The van der Waals surface area contributed by atoms with Crippen LogP contribution in [0.2, 0.25) is 0 Å². The Kier molecular flexibility index (Phi) is 4.18. The summed E-state index contributed by atoms with van der Waals surface area (Å²) >= 11 is 3.43. The molecule has 1 aliphatic rings. The van der Waals surface area contributed by atoms with E-state index in [0.29, 0.717) is 5.92 Å². The molecule has 1 aromatic rings. The van der Waals surface area contributed by atoms with Gasteiger partial charge >= 0.3 is 0 Å². The van der Waals surface area contributed by atoms with Crippen LogP contribution in [0.25, 0.3) is 0 Å². The van der Waals surface area contributed by atoms with Crippen molar-refractivity contribution in [3.05, 3.63) is 35.9 Å². The van der Waals surface area contributed by atoms with E-state index < -0.39 is 0 Å². The highest BCUT2D eigenvalue weighted by Gasteiger charge is 2.22. The Morgan fingerprint density at radius 3 is 2.40 bits per heavy atom. The van der Waals surface area contributed by atoms with Crippen LogP contribution in [0.1, 0.15) is 18.3 Å². The lowest BCUT2D eigenvalue weighted by Crippen LogP contribution is -2.27. The largest absolute Gasteiger partial charge is 0.348 e. The van der Waals surface area contributed by atoms with Crippen LogP contribution in [-0.4, -0.2) is 18.5 Å². The molecule has 1 aliphatic heterocycles. The van der Waals surface area contributed by atoms with E-state index in [1.165, 1.54) is 0 Å². The molecule has 15 heavy (non-hydrogen) atoms. The number of ether oxygens (including phenoxy) is 2. The molecular weight excluding hydrogens is 256 g/mol. The van der Waals surface area contributed by atoms with Crippen LogP contribution in [0.15, 0.2) is 30.3 Å². The lowest BCUT2D eigenvalue weighted by atomic mass is 10.1. The molecule has 82 valence electrons. The van der Waals surface area contributed by atoms with Crippen LogP contribution in [0.5, 0.6) is 0 Å². The van der Waals surface area contributed by atoms with E-state index in [1.54, 1.807) is 0 Å². The molecule has 0 bridgehead atoms. The van der Waals surface area contributed by atoms with Crippen LogP contribution in [0.3, 0.4) is 0 Å². The highest BCUT2D eigenvalue weighted by atomic mass is 79.9. The first-order valence-electron chi connectivity index (χ1n) is 5.24. The standard InChI is InChI=1S/C12H15BrO2/c13-7-6-10-8-14-12(15-9-10)11-4-2-1-3-5-11/h1-5,10,12H,6-9H2. The van der Waals surface area contributed by atoms with Crippen molar-refractivity contribution in [2.24, 2.45) is 5.92 Å². The maximum absolute atomic E-state index is 5.69. The summed E-state index contributed by atoms with van der Waals surface area (Å²) in [7, 11) is 0. The molecule has 0 atom stereocenters. The minimum absolute atomic E-state index is 0.169. The molecule has 1 aromatic carbocycles. The zero-order chi connectivity index (χ0) is 10.5. The predicted molar refractivity (Wildman–Crippen MR) is 63.0 cm³/mol. The van der Waals surface area contributed by atoms with Crippen molar-refractivity contribution in [1.82, 2.24) is 0 Å². The second-order valence-corrected chi connectivity index (χ2v) is 4.55. The Balaban J connectivity index is 1.88. The Morgan fingerprint density at radius 2 is 1.80 bits per heavy atom. The zero-order valence-electron chi connectivity index (χ0n) is 8.56. The first-order chi connectivity index (χ1) is 7.40. The van der Waals surface area contributed by atoms with E-state index in [4.69, 9.17) is 9.47 Å². The second kappa shape index (κ2) is 5.64. The first kappa shape index (κ1) is 11.1. The Hall–Kier alpha value is -0.380. The van der Waals surface area contributed by atoms with Gasteiger partial charge in [-0.25, -0.2) is 0 Å². The van der Waals surface area contributed by atoms with Crippen molar-refractivity contribution in [2.75, 3.05) is 18.5 Å². The van der Waals surface area contributed by atoms with Crippen LogP contribution < -0.4 is 0 Å². The van der Waals surface area contributed by atoms with Crippen molar-refractivity contribution >= 4 is 15.9 Å². The van der Waals surface area contributed by atoms with Gasteiger partial charge < -0.3 is 9.47 Å². The van der Waals surface area contributed by atoms with Crippen LogP contribution in [0.4, 0.5) is 0 Å². The normalized spacial score (nSPS) is 26.5. The van der Waals surface area contributed by atoms with E-state index in [2.05, 4.69) is 15.9 Å². The summed E-state index contributed by atoms with van der Waals surface area (Å²) in [4.78, 5) is 0. The van der Waals surface area contributed by atoms with E-state index in [0.717, 1.165) is 30.5 Å². The third kappa shape index (κ3) is 3.03. The molecule has 2 nitrogen and oxygen atoms in total. The molecule has 0 unspecified atom stereocenters. The van der Waals surface area contributed by atoms with E-state index in [9.17, 15) is 0 Å². The van der Waals surface area contributed by atoms with E-state index in [-0.39, 0.29) is 6.29 Å². The minimum atomic E-state index is -0.169. The van der Waals surface area contributed by atoms with Crippen LogP contribution >= 0.6 is 15.9 Å². The molecule has 0 saturated carbocycles. The van der Waals surface area contributed by atoms with Gasteiger partial charge in [-0.2, -0.15) is 0 Å². The molecule has 0 aromatic heterocycles. The summed E-state index contributed by atoms with van der Waals surface area (Å²) in [6, 6.07) is 10.1. The quantitative estimate of drug-likeness (QED) is 0.786. The minimum Gasteiger partial charge on any atom is -0.348 e. The van der Waals surface area contributed by atoms with Crippen molar-refractivity contribution in [2.45, 2.75) is 12.7 Å². The highest BCUT2D eigenvalue weighted by molar-refractivity contribution is 9.09. The van der Waals surface area contributed by atoms with Gasteiger partial charge in [-0.15, -0.1) is 0 Å². The van der Waals surface area contributed by atoms with Gasteiger partial charge in [-0.3, -0.25) is 0 Å². The fourth-order valence-corrected chi connectivity index (χ4v) is 2.31. The SMILES string of the molecule is BrCCC1COC(c2ccccc2)OC1. The molecule has 1 heterocycles. The molecular formula is C12H15BrO2. The summed E-state index contributed by atoms with van der Waals surface area (Å²) in [5.74, 6) is 0.532. The number of rotatable bonds is 3.